The molecule has 122 valence electrons. The van der Waals surface area contributed by atoms with E-state index in [1.807, 2.05) is 29.2 Å². The Balaban J connectivity index is 1.45. The Hall–Kier alpha value is -2.69. The molecule has 0 bridgehead atoms. The molecule has 3 heterocycles. The smallest absolute Gasteiger partial charge is 0.255 e. The van der Waals surface area contributed by atoms with Crippen LogP contribution in [-0.2, 0) is 4.79 Å². The first kappa shape index (κ1) is 14.9. The van der Waals surface area contributed by atoms with Crippen LogP contribution in [0.15, 0.2) is 48.8 Å². The summed E-state index contributed by atoms with van der Waals surface area (Å²) in [6.45, 7) is 1.37. The van der Waals surface area contributed by atoms with Gasteiger partial charge in [-0.1, -0.05) is 18.2 Å². The number of pyridine rings is 1. The summed E-state index contributed by atoms with van der Waals surface area (Å²) in [7, 11) is 0. The molecule has 1 unspecified atom stereocenters. The molecule has 4 rings (SSSR count). The average molecular weight is 321 g/mol. The Bertz CT molecular complexity index is 767. The number of nitrogens with one attached hydrogen (secondary N) is 1. The highest BCUT2D eigenvalue weighted by Crippen LogP contribution is 2.41. The third-order valence-electron chi connectivity index (χ3n) is 5.04. The summed E-state index contributed by atoms with van der Waals surface area (Å²) in [4.78, 5) is 30.7. The number of carbonyl (C=O) groups excluding carboxylic acids is 2. The fourth-order valence-corrected chi connectivity index (χ4v) is 3.81. The van der Waals surface area contributed by atoms with Gasteiger partial charge in [-0.15, -0.1) is 0 Å². The highest BCUT2D eigenvalue weighted by atomic mass is 16.2. The predicted octanol–water partition coefficient (Wildman–Crippen LogP) is 2.67. The highest BCUT2D eigenvalue weighted by molar-refractivity contribution is 6.03. The number of rotatable bonds is 2. The molecule has 1 aromatic heterocycles. The number of aromatic nitrogens is 1. The normalized spacial score (nSPS) is 20.6. The third kappa shape index (κ3) is 2.56. The number of likely N-dealkylation sites (tertiary alicyclic amines) is 1. The van der Waals surface area contributed by atoms with E-state index >= 15 is 0 Å². The Morgan fingerprint density at radius 2 is 1.92 bits per heavy atom. The van der Waals surface area contributed by atoms with Gasteiger partial charge in [0.25, 0.3) is 5.91 Å². The van der Waals surface area contributed by atoms with Gasteiger partial charge in [0.2, 0.25) is 5.91 Å². The number of piperidine rings is 1. The lowest BCUT2D eigenvalue weighted by molar-refractivity contribution is -0.118. The van der Waals surface area contributed by atoms with Gasteiger partial charge < -0.3 is 10.2 Å². The molecule has 2 aliphatic heterocycles. The number of hydrogen-bond acceptors (Lipinski definition) is 3. The van der Waals surface area contributed by atoms with E-state index in [1.54, 1.807) is 24.5 Å². The van der Waals surface area contributed by atoms with Crippen LogP contribution in [0, 0.1) is 5.92 Å². The van der Waals surface area contributed by atoms with Crippen molar-refractivity contribution in [1.82, 2.24) is 9.88 Å². The molecule has 0 aliphatic carbocycles. The first-order valence-corrected chi connectivity index (χ1v) is 8.33. The maximum atomic E-state index is 12.5. The second-order valence-electron chi connectivity index (χ2n) is 6.43. The number of benzene rings is 1. The highest BCUT2D eigenvalue weighted by Gasteiger charge is 2.38. The Morgan fingerprint density at radius 3 is 2.67 bits per heavy atom. The fourth-order valence-electron chi connectivity index (χ4n) is 3.81. The molecule has 0 radical (unpaired) electrons. The van der Waals surface area contributed by atoms with Crippen molar-refractivity contribution in [3.05, 3.63) is 59.9 Å². The SMILES string of the molecule is O=C1Nc2ccccc2C1C1CCN(C(=O)c2cccnc2)CC1. The summed E-state index contributed by atoms with van der Waals surface area (Å²) in [5, 5.41) is 2.98. The summed E-state index contributed by atoms with van der Waals surface area (Å²) in [5.41, 5.74) is 2.65. The second-order valence-corrected chi connectivity index (χ2v) is 6.43. The monoisotopic (exact) mass is 321 g/mol. The lowest BCUT2D eigenvalue weighted by Crippen LogP contribution is -2.40. The molecule has 1 N–H and O–H groups in total. The summed E-state index contributed by atoms with van der Waals surface area (Å²) in [6.07, 6.45) is 4.96. The first-order chi connectivity index (χ1) is 11.7. The molecule has 0 spiro atoms. The molecule has 2 amide bonds. The van der Waals surface area contributed by atoms with Gasteiger partial charge in [-0.3, -0.25) is 14.6 Å². The van der Waals surface area contributed by atoms with Crippen molar-refractivity contribution >= 4 is 17.5 Å². The minimum Gasteiger partial charge on any atom is -0.339 e. The molecule has 1 saturated heterocycles. The maximum absolute atomic E-state index is 12.5. The van der Waals surface area contributed by atoms with Crippen LogP contribution in [0.2, 0.25) is 0 Å². The molecule has 0 saturated carbocycles. The number of para-hydroxylation sites is 1. The number of fused-ring (bicyclic) bond motifs is 1. The van der Waals surface area contributed by atoms with E-state index < -0.39 is 0 Å². The van der Waals surface area contributed by atoms with Crippen LogP contribution in [0.3, 0.4) is 0 Å². The predicted molar refractivity (Wildman–Crippen MR) is 90.7 cm³/mol. The summed E-state index contributed by atoms with van der Waals surface area (Å²) >= 11 is 0. The Morgan fingerprint density at radius 1 is 1.12 bits per heavy atom. The van der Waals surface area contributed by atoms with Crippen LogP contribution >= 0.6 is 0 Å². The molecule has 2 aromatic rings. The van der Waals surface area contributed by atoms with Gasteiger partial charge in [0, 0.05) is 31.2 Å². The van der Waals surface area contributed by atoms with E-state index in [1.165, 1.54) is 0 Å². The van der Waals surface area contributed by atoms with Gasteiger partial charge in [-0.2, -0.15) is 0 Å². The van der Waals surface area contributed by atoms with Gasteiger partial charge in [0.05, 0.1) is 11.5 Å². The van der Waals surface area contributed by atoms with Gasteiger partial charge in [-0.05, 0) is 42.5 Å². The van der Waals surface area contributed by atoms with Gasteiger partial charge >= 0.3 is 0 Å². The summed E-state index contributed by atoms with van der Waals surface area (Å²) in [6, 6.07) is 11.5. The van der Waals surface area contributed by atoms with Crippen LogP contribution in [0.4, 0.5) is 5.69 Å². The Kier molecular flexibility index (Phi) is 3.76. The number of hydrogen-bond donors (Lipinski definition) is 1. The number of anilines is 1. The van der Waals surface area contributed by atoms with Crippen LogP contribution < -0.4 is 5.32 Å². The van der Waals surface area contributed by atoms with Gasteiger partial charge in [-0.25, -0.2) is 0 Å². The molecule has 1 aromatic carbocycles. The van der Waals surface area contributed by atoms with Crippen molar-refractivity contribution in [1.29, 1.82) is 0 Å². The number of amides is 2. The molecule has 2 aliphatic rings. The minimum absolute atomic E-state index is 0.0258. The summed E-state index contributed by atoms with van der Waals surface area (Å²) < 4.78 is 0. The van der Waals surface area contributed by atoms with Crippen molar-refractivity contribution in [2.24, 2.45) is 5.92 Å². The Labute approximate surface area is 140 Å². The standard InChI is InChI=1S/C19H19N3O2/c23-18-17(15-5-1-2-6-16(15)21-18)13-7-10-22(11-8-13)19(24)14-4-3-9-20-12-14/h1-6,9,12-13,17H,7-8,10-11H2,(H,21,23). The first-order valence-electron chi connectivity index (χ1n) is 8.33. The topological polar surface area (TPSA) is 62.3 Å². The van der Waals surface area contributed by atoms with Crippen LogP contribution in [0.1, 0.15) is 34.7 Å². The van der Waals surface area contributed by atoms with Crippen molar-refractivity contribution in [3.63, 3.8) is 0 Å². The van der Waals surface area contributed by atoms with E-state index in [-0.39, 0.29) is 23.7 Å². The van der Waals surface area contributed by atoms with E-state index in [0.29, 0.717) is 18.7 Å². The van der Waals surface area contributed by atoms with Crippen LogP contribution in [0.25, 0.3) is 0 Å². The van der Waals surface area contributed by atoms with Gasteiger partial charge in [0.1, 0.15) is 0 Å². The van der Waals surface area contributed by atoms with Crippen molar-refractivity contribution in [3.8, 4) is 0 Å². The maximum Gasteiger partial charge on any atom is 0.255 e. The largest absolute Gasteiger partial charge is 0.339 e. The van der Waals surface area contributed by atoms with Gasteiger partial charge in [0.15, 0.2) is 0 Å². The average Bonchev–Trinajstić information content (AvgIpc) is 2.98. The number of carbonyl (C=O) groups is 2. The van der Waals surface area contributed by atoms with E-state index in [4.69, 9.17) is 0 Å². The van der Waals surface area contributed by atoms with E-state index in [0.717, 1.165) is 24.1 Å². The molecule has 1 fully saturated rings. The molecular weight excluding hydrogens is 302 g/mol. The van der Waals surface area contributed by atoms with Crippen molar-refractivity contribution in [2.45, 2.75) is 18.8 Å². The zero-order valence-electron chi connectivity index (χ0n) is 13.3. The third-order valence-corrected chi connectivity index (χ3v) is 5.04. The second kappa shape index (κ2) is 6.07. The van der Waals surface area contributed by atoms with Crippen molar-refractivity contribution < 1.29 is 9.59 Å². The molecule has 1 atom stereocenters. The zero-order valence-corrected chi connectivity index (χ0v) is 13.3. The minimum atomic E-state index is -0.0863. The molecular formula is C19H19N3O2. The molecule has 5 heteroatoms. The van der Waals surface area contributed by atoms with Crippen molar-refractivity contribution in [2.75, 3.05) is 18.4 Å². The quantitative estimate of drug-likeness (QED) is 0.925. The summed E-state index contributed by atoms with van der Waals surface area (Å²) in [5.74, 6) is 0.314. The van der Waals surface area contributed by atoms with Crippen LogP contribution in [-0.4, -0.2) is 34.8 Å². The number of nitrogens with zero attached hydrogens (tertiary/aromatic N) is 2. The van der Waals surface area contributed by atoms with E-state index in [9.17, 15) is 9.59 Å². The van der Waals surface area contributed by atoms with E-state index in [2.05, 4.69) is 10.3 Å². The van der Waals surface area contributed by atoms with Crippen LogP contribution in [0.5, 0.6) is 0 Å². The lowest BCUT2D eigenvalue weighted by atomic mass is 9.80. The molecule has 5 nitrogen and oxygen atoms in total. The zero-order chi connectivity index (χ0) is 16.5. The molecule has 24 heavy (non-hydrogen) atoms. The lowest BCUT2D eigenvalue weighted by Gasteiger charge is -2.34. The fraction of sp³-hybridized carbons (Fsp3) is 0.316.